The molecule has 0 amide bonds. The van der Waals surface area contributed by atoms with E-state index in [2.05, 4.69) is 30.5 Å². The Morgan fingerprint density at radius 3 is 2.68 bits per heavy atom. The number of rotatable bonds is 10. The molecule has 1 saturated heterocycles. The number of nitrogens with zero attached hydrogens (tertiary/aromatic N) is 5. The van der Waals surface area contributed by atoms with Crippen LogP contribution in [0.3, 0.4) is 0 Å². The Bertz CT molecular complexity index is 1330. The number of nitrogens with one attached hydrogen (secondary N) is 2. The van der Waals surface area contributed by atoms with Gasteiger partial charge in [-0.05, 0) is 49.2 Å². The number of aromatic nitrogens is 5. The van der Waals surface area contributed by atoms with Gasteiger partial charge in [-0.15, -0.1) is 5.10 Å². The van der Waals surface area contributed by atoms with Gasteiger partial charge in [0.25, 0.3) is 0 Å². The second-order valence-corrected chi connectivity index (χ2v) is 8.96. The molecule has 5 rings (SSSR count). The first kappa shape index (κ1) is 25.2. The zero-order valence-electron chi connectivity index (χ0n) is 20.4. The van der Waals surface area contributed by atoms with Crippen LogP contribution in [0.25, 0.3) is 5.52 Å². The van der Waals surface area contributed by atoms with Crippen molar-refractivity contribution in [3.05, 3.63) is 71.1 Å². The molecule has 0 atom stereocenters. The van der Waals surface area contributed by atoms with Gasteiger partial charge in [0.15, 0.2) is 11.6 Å². The van der Waals surface area contributed by atoms with E-state index in [-0.39, 0.29) is 5.82 Å². The van der Waals surface area contributed by atoms with Gasteiger partial charge in [0.2, 0.25) is 5.82 Å². The van der Waals surface area contributed by atoms with E-state index in [0.29, 0.717) is 24.5 Å². The fraction of sp³-hybridized carbons (Fsp3) is 0.400. The van der Waals surface area contributed by atoms with Crippen molar-refractivity contribution in [3.63, 3.8) is 0 Å². The molecule has 1 aliphatic heterocycles. The molecule has 1 aliphatic rings. The summed E-state index contributed by atoms with van der Waals surface area (Å²) < 4.78 is 56.6. The fourth-order valence-electron chi connectivity index (χ4n) is 4.15. The average Bonchev–Trinajstić information content (AvgIpc) is 3.50. The maximum Gasteiger partial charge on any atom is 0.333 e. The number of anilines is 2. The first-order valence-electron chi connectivity index (χ1n) is 12.1. The number of fused-ring (bicyclic) bond motifs is 1. The number of H-pyrrole nitrogens is 1. The van der Waals surface area contributed by atoms with Crippen molar-refractivity contribution in [1.82, 2.24) is 29.7 Å². The molecular weight excluding hydrogens is 487 g/mol. The number of halogens is 3. The van der Waals surface area contributed by atoms with Gasteiger partial charge in [-0.25, -0.2) is 13.9 Å². The summed E-state index contributed by atoms with van der Waals surface area (Å²) >= 11 is 0. The molecule has 0 radical (unpaired) electrons. The van der Waals surface area contributed by atoms with Gasteiger partial charge in [-0.3, -0.25) is 10.00 Å². The van der Waals surface area contributed by atoms with Crippen molar-refractivity contribution in [3.8, 4) is 0 Å². The summed E-state index contributed by atoms with van der Waals surface area (Å²) in [6.07, 6.45) is 2.52. The third kappa shape index (κ3) is 5.92. The predicted octanol–water partition coefficient (Wildman–Crippen LogP) is 4.02. The third-order valence-electron chi connectivity index (χ3n) is 6.10. The lowest BCUT2D eigenvalue weighted by atomic mass is 10.1. The monoisotopic (exact) mass is 515 g/mol. The highest BCUT2D eigenvalue weighted by Crippen LogP contribution is 2.35. The quantitative estimate of drug-likeness (QED) is 0.308. The van der Waals surface area contributed by atoms with Crippen molar-refractivity contribution in [2.45, 2.75) is 25.9 Å². The molecule has 37 heavy (non-hydrogen) atoms. The third-order valence-corrected chi connectivity index (χ3v) is 6.10. The number of hydrogen-bond acceptors (Lipinski definition) is 7. The molecular formula is C25H28F3N7O2. The normalized spacial score (nSPS) is 14.9. The number of hydrogen-bond donors (Lipinski definition) is 2. The van der Waals surface area contributed by atoms with Gasteiger partial charge >= 0.3 is 5.92 Å². The topological polar surface area (TPSA) is 92.6 Å². The minimum Gasteiger partial charge on any atom is -0.379 e. The van der Waals surface area contributed by atoms with E-state index in [0.717, 1.165) is 74.8 Å². The Balaban J connectivity index is 1.36. The molecule has 0 saturated carbocycles. The maximum atomic E-state index is 15.4. The first-order valence-corrected chi connectivity index (χ1v) is 12.1. The molecule has 0 unspecified atom stereocenters. The summed E-state index contributed by atoms with van der Waals surface area (Å²) in [5, 5.41) is 14.0. The molecule has 0 aliphatic carbocycles. The van der Waals surface area contributed by atoms with Crippen LogP contribution in [0.1, 0.15) is 29.1 Å². The van der Waals surface area contributed by atoms with Gasteiger partial charge in [0, 0.05) is 49.8 Å². The van der Waals surface area contributed by atoms with Gasteiger partial charge in [-0.2, -0.15) is 13.9 Å². The highest BCUT2D eigenvalue weighted by molar-refractivity contribution is 5.73. The van der Waals surface area contributed by atoms with E-state index < -0.39 is 23.1 Å². The summed E-state index contributed by atoms with van der Waals surface area (Å²) in [6, 6.07) is 7.55. The van der Waals surface area contributed by atoms with Crippen LogP contribution in [0.2, 0.25) is 0 Å². The van der Waals surface area contributed by atoms with Crippen LogP contribution >= 0.6 is 0 Å². The van der Waals surface area contributed by atoms with Crippen LogP contribution in [0, 0.1) is 12.7 Å². The highest BCUT2D eigenvalue weighted by Gasteiger charge is 2.39. The lowest BCUT2D eigenvalue weighted by molar-refractivity contribution is 0.0308. The predicted molar refractivity (Wildman–Crippen MR) is 131 cm³/mol. The van der Waals surface area contributed by atoms with Crippen molar-refractivity contribution < 1.29 is 22.6 Å². The standard InChI is InChI=1S/C25H28F3N7O2/c1-17-13-22(32-31-17)29-23-21-14-18(16-37-10-2-7-34-8-11-36-12-9-34)15-35(21)33-24(30-23)25(27,28)19-3-5-20(26)6-4-19/h3-6,13-15H,2,7-12,16H2,1H3,(H2,29,30,31,32,33). The Morgan fingerprint density at radius 1 is 1.16 bits per heavy atom. The Hall–Kier alpha value is -3.48. The number of morpholine rings is 1. The minimum atomic E-state index is -3.56. The van der Waals surface area contributed by atoms with Crippen LogP contribution in [0.5, 0.6) is 0 Å². The summed E-state index contributed by atoms with van der Waals surface area (Å²) in [4.78, 5) is 6.49. The molecule has 2 N–H and O–H groups in total. The average molecular weight is 516 g/mol. The molecule has 4 aromatic rings. The molecule has 196 valence electrons. The summed E-state index contributed by atoms with van der Waals surface area (Å²) in [7, 11) is 0. The number of aromatic amines is 1. The van der Waals surface area contributed by atoms with Crippen molar-refractivity contribution in [2.75, 3.05) is 44.8 Å². The Kier molecular flexibility index (Phi) is 7.40. The SMILES string of the molecule is Cc1cc(Nc2nc(C(F)(F)c3ccc(F)cc3)nn3cc(COCCCN4CCOCC4)cc23)n[nH]1. The highest BCUT2D eigenvalue weighted by atomic mass is 19.3. The molecule has 0 bridgehead atoms. The minimum absolute atomic E-state index is 0.164. The van der Waals surface area contributed by atoms with Crippen LogP contribution in [-0.4, -0.2) is 69.2 Å². The van der Waals surface area contributed by atoms with E-state index in [9.17, 15) is 4.39 Å². The second-order valence-electron chi connectivity index (χ2n) is 8.96. The Labute approximate surface area is 211 Å². The number of alkyl halides is 2. The molecule has 9 nitrogen and oxygen atoms in total. The zero-order chi connectivity index (χ0) is 25.8. The van der Waals surface area contributed by atoms with Crippen molar-refractivity contribution >= 4 is 17.2 Å². The maximum absolute atomic E-state index is 15.4. The second kappa shape index (κ2) is 10.9. The fourth-order valence-corrected chi connectivity index (χ4v) is 4.15. The van der Waals surface area contributed by atoms with E-state index in [1.807, 2.05) is 6.92 Å². The van der Waals surface area contributed by atoms with Gasteiger partial charge in [-0.1, -0.05) is 0 Å². The largest absolute Gasteiger partial charge is 0.379 e. The van der Waals surface area contributed by atoms with Gasteiger partial charge in [0.1, 0.15) is 11.3 Å². The molecule has 3 aromatic heterocycles. The van der Waals surface area contributed by atoms with Crippen LogP contribution in [-0.2, 0) is 22.0 Å². The summed E-state index contributed by atoms with van der Waals surface area (Å²) in [5.74, 6) is -4.30. The first-order chi connectivity index (χ1) is 17.9. The molecule has 1 aromatic carbocycles. The number of ether oxygens (including phenoxy) is 2. The summed E-state index contributed by atoms with van der Waals surface area (Å²) in [6.45, 7) is 7.02. The molecule has 4 heterocycles. The van der Waals surface area contributed by atoms with Crippen LogP contribution in [0.15, 0.2) is 42.6 Å². The zero-order valence-corrected chi connectivity index (χ0v) is 20.4. The van der Waals surface area contributed by atoms with E-state index in [1.54, 1.807) is 18.3 Å². The Morgan fingerprint density at radius 2 is 1.95 bits per heavy atom. The lowest BCUT2D eigenvalue weighted by Gasteiger charge is -2.26. The smallest absolute Gasteiger partial charge is 0.333 e. The lowest BCUT2D eigenvalue weighted by Crippen LogP contribution is -2.37. The van der Waals surface area contributed by atoms with E-state index in [1.165, 1.54) is 4.52 Å². The molecule has 1 fully saturated rings. The molecule has 12 heteroatoms. The van der Waals surface area contributed by atoms with Gasteiger partial charge < -0.3 is 14.8 Å². The van der Waals surface area contributed by atoms with Gasteiger partial charge in [0.05, 0.1) is 19.8 Å². The number of aryl methyl sites for hydroxylation is 1. The van der Waals surface area contributed by atoms with E-state index >= 15 is 8.78 Å². The summed E-state index contributed by atoms with van der Waals surface area (Å²) in [5.41, 5.74) is 1.65. The van der Waals surface area contributed by atoms with E-state index in [4.69, 9.17) is 9.47 Å². The van der Waals surface area contributed by atoms with Crippen LogP contribution < -0.4 is 5.32 Å². The molecule has 0 spiro atoms. The van der Waals surface area contributed by atoms with Crippen molar-refractivity contribution in [2.24, 2.45) is 0 Å². The number of benzene rings is 1. The van der Waals surface area contributed by atoms with Crippen LogP contribution in [0.4, 0.5) is 24.8 Å². The van der Waals surface area contributed by atoms with Crippen molar-refractivity contribution in [1.29, 1.82) is 0 Å².